The number of carboxylic acids is 1. The zero-order valence-corrected chi connectivity index (χ0v) is 10.6. The van der Waals surface area contributed by atoms with Gasteiger partial charge in [0.1, 0.15) is 0 Å². The van der Waals surface area contributed by atoms with Crippen LogP contribution in [0.3, 0.4) is 0 Å². The highest BCUT2D eigenvalue weighted by Gasteiger charge is 2.19. The first kappa shape index (κ1) is 12.9. The van der Waals surface area contributed by atoms with Crippen molar-refractivity contribution in [2.45, 2.75) is 12.8 Å². The number of carboxylic acid groups (broad SMARTS) is 1. The molecule has 0 aliphatic carbocycles. The van der Waals surface area contributed by atoms with Gasteiger partial charge < -0.3 is 14.7 Å². The summed E-state index contributed by atoms with van der Waals surface area (Å²) in [6, 6.07) is 7.11. The Labute approximate surface area is 107 Å². The van der Waals surface area contributed by atoms with Gasteiger partial charge in [0.15, 0.2) is 0 Å². The second-order valence-electron chi connectivity index (χ2n) is 4.74. The number of rotatable bonds is 4. The number of piperidine rings is 1. The Balaban J connectivity index is 1.95. The van der Waals surface area contributed by atoms with Gasteiger partial charge in [-0.15, -0.1) is 0 Å². The first-order chi connectivity index (χ1) is 8.70. The molecule has 1 saturated heterocycles. The van der Waals surface area contributed by atoms with E-state index >= 15 is 0 Å². The van der Waals surface area contributed by atoms with Crippen LogP contribution in [0.4, 0.5) is 5.69 Å². The standard InChI is InChI=1S/C14H19NO3/c1-18-10-11-6-8-15(9-7-11)13-4-2-12(3-5-13)14(16)17/h2-5,11H,6-10H2,1H3,(H,16,17). The molecule has 0 spiro atoms. The van der Waals surface area contributed by atoms with Crippen LogP contribution in [0.5, 0.6) is 0 Å². The van der Waals surface area contributed by atoms with Crippen molar-refractivity contribution in [1.82, 2.24) is 0 Å². The number of aromatic carboxylic acids is 1. The zero-order valence-electron chi connectivity index (χ0n) is 10.6. The van der Waals surface area contributed by atoms with E-state index in [0.717, 1.165) is 38.2 Å². The number of nitrogens with zero attached hydrogens (tertiary/aromatic N) is 1. The monoisotopic (exact) mass is 249 g/mol. The van der Waals surface area contributed by atoms with E-state index in [1.54, 1.807) is 19.2 Å². The molecule has 0 saturated carbocycles. The van der Waals surface area contributed by atoms with Crippen molar-refractivity contribution in [2.75, 3.05) is 31.7 Å². The van der Waals surface area contributed by atoms with E-state index in [9.17, 15) is 4.79 Å². The van der Waals surface area contributed by atoms with E-state index in [-0.39, 0.29) is 0 Å². The van der Waals surface area contributed by atoms with E-state index in [0.29, 0.717) is 11.5 Å². The number of methoxy groups -OCH3 is 1. The third kappa shape index (κ3) is 3.01. The number of benzene rings is 1. The second kappa shape index (κ2) is 5.87. The van der Waals surface area contributed by atoms with Crippen LogP contribution in [0, 0.1) is 5.92 Å². The summed E-state index contributed by atoms with van der Waals surface area (Å²) in [5.74, 6) is -0.218. The topological polar surface area (TPSA) is 49.8 Å². The highest BCUT2D eigenvalue weighted by atomic mass is 16.5. The number of carbonyl (C=O) groups is 1. The average molecular weight is 249 g/mol. The maximum Gasteiger partial charge on any atom is 0.335 e. The molecule has 4 nitrogen and oxygen atoms in total. The van der Waals surface area contributed by atoms with Crippen molar-refractivity contribution < 1.29 is 14.6 Å². The molecular formula is C14H19NO3. The van der Waals surface area contributed by atoms with Crippen LogP contribution in [-0.4, -0.2) is 37.9 Å². The fraction of sp³-hybridized carbons (Fsp3) is 0.500. The van der Waals surface area contributed by atoms with Gasteiger partial charge in [0.05, 0.1) is 5.56 Å². The van der Waals surface area contributed by atoms with Crippen molar-refractivity contribution >= 4 is 11.7 Å². The molecule has 1 aromatic rings. The highest BCUT2D eigenvalue weighted by Crippen LogP contribution is 2.23. The molecule has 1 heterocycles. The predicted molar refractivity (Wildman–Crippen MR) is 70.2 cm³/mol. The summed E-state index contributed by atoms with van der Waals surface area (Å²) in [6.07, 6.45) is 2.27. The molecule has 1 aliphatic heterocycles. The zero-order chi connectivity index (χ0) is 13.0. The van der Waals surface area contributed by atoms with Crippen LogP contribution >= 0.6 is 0 Å². The third-order valence-electron chi connectivity index (χ3n) is 3.50. The summed E-state index contributed by atoms with van der Waals surface area (Å²) in [4.78, 5) is 13.1. The van der Waals surface area contributed by atoms with Gasteiger partial charge in [-0.25, -0.2) is 4.79 Å². The summed E-state index contributed by atoms with van der Waals surface area (Å²) >= 11 is 0. The van der Waals surface area contributed by atoms with Gasteiger partial charge >= 0.3 is 5.97 Å². The summed E-state index contributed by atoms with van der Waals surface area (Å²) in [7, 11) is 1.75. The lowest BCUT2D eigenvalue weighted by molar-refractivity contribution is 0.0697. The van der Waals surface area contributed by atoms with E-state index in [4.69, 9.17) is 9.84 Å². The van der Waals surface area contributed by atoms with Crippen molar-refractivity contribution in [2.24, 2.45) is 5.92 Å². The smallest absolute Gasteiger partial charge is 0.335 e. The Morgan fingerprint density at radius 3 is 2.44 bits per heavy atom. The summed E-state index contributed by atoms with van der Waals surface area (Å²) in [5.41, 5.74) is 1.45. The van der Waals surface area contributed by atoms with Crippen LogP contribution in [0.15, 0.2) is 24.3 Å². The molecule has 0 amide bonds. The fourth-order valence-electron chi connectivity index (χ4n) is 2.41. The van der Waals surface area contributed by atoms with E-state index < -0.39 is 5.97 Å². The minimum atomic E-state index is -0.875. The van der Waals surface area contributed by atoms with Gasteiger partial charge in [0, 0.05) is 32.5 Å². The molecule has 1 N–H and O–H groups in total. The Hall–Kier alpha value is -1.55. The second-order valence-corrected chi connectivity index (χ2v) is 4.74. The van der Waals surface area contributed by atoms with E-state index in [1.165, 1.54) is 0 Å². The van der Waals surface area contributed by atoms with Gasteiger partial charge in [-0.3, -0.25) is 0 Å². The number of hydrogen-bond donors (Lipinski definition) is 1. The summed E-state index contributed by atoms with van der Waals surface area (Å²) in [6.45, 7) is 2.87. The molecule has 4 heteroatoms. The quantitative estimate of drug-likeness (QED) is 0.889. The van der Waals surface area contributed by atoms with Crippen LogP contribution in [0.25, 0.3) is 0 Å². The van der Waals surface area contributed by atoms with Crippen molar-refractivity contribution in [1.29, 1.82) is 0 Å². The Morgan fingerprint density at radius 2 is 1.94 bits per heavy atom. The van der Waals surface area contributed by atoms with Crippen LogP contribution < -0.4 is 4.90 Å². The first-order valence-electron chi connectivity index (χ1n) is 6.28. The molecule has 0 atom stereocenters. The molecule has 2 rings (SSSR count). The maximum absolute atomic E-state index is 10.8. The molecule has 1 aromatic carbocycles. The lowest BCUT2D eigenvalue weighted by atomic mass is 9.97. The van der Waals surface area contributed by atoms with Gasteiger partial charge in [0.2, 0.25) is 0 Å². The molecule has 0 radical (unpaired) electrons. The minimum absolute atomic E-state index is 0.341. The molecule has 1 fully saturated rings. The predicted octanol–water partition coefficient (Wildman–Crippen LogP) is 2.25. The fourth-order valence-corrected chi connectivity index (χ4v) is 2.41. The van der Waals surface area contributed by atoms with Gasteiger partial charge in [-0.05, 0) is 43.0 Å². The van der Waals surface area contributed by atoms with Crippen molar-refractivity contribution in [3.05, 3.63) is 29.8 Å². The normalized spacial score (nSPS) is 16.8. The van der Waals surface area contributed by atoms with Crippen LogP contribution in [-0.2, 0) is 4.74 Å². The Bertz CT molecular complexity index is 394. The maximum atomic E-state index is 10.8. The summed E-state index contributed by atoms with van der Waals surface area (Å²) in [5, 5.41) is 8.85. The summed E-state index contributed by atoms with van der Waals surface area (Å²) < 4.78 is 5.18. The van der Waals surface area contributed by atoms with E-state index in [2.05, 4.69) is 4.90 Å². The molecule has 98 valence electrons. The number of hydrogen-bond acceptors (Lipinski definition) is 3. The van der Waals surface area contributed by atoms with Gasteiger partial charge in [0.25, 0.3) is 0 Å². The number of anilines is 1. The third-order valence-corrected chi connectivity index (χ3v) is 3.50. The van der Waals surface area contributed by atoms with Crippen molar-refractivity contribution in [3.8, 4) is 0 Å². The Morgan fingerprint density at radius 1 is 1.33 bits per heavy atom. The first-order valence-corrected chi connectivity index (χ1v) is 6.28. The minimum Gasteiger partial charge on any atom is -0.478 e. The van der Waals surface area contributed by atoms with E-state index in [1.807, 2.05) is 12.1 Å². The SMILES string of the molecule is COCC1CCN(c2ccc(C(=O)O)cc2)CC1. The molecule has 0 aromatic heterocycles. The molecule has 1 aliphatic rings. The Kier molecular flexibility index (Phi) is 4.20. The van der Waals surface area contributed by atoms with Crippen molar-refractivity contribution in [3.63, 3.8) is 0 Å². The van der Waals surface area contributed by atoms with Gasteiger partial charge in [-0.1, -0.05) is 0 Å². The lowest BCUT2D eigenvalue weighted by Crippen LogP contribution is -2.34. The molecule has 0 unspecified atom stereocenters. The largest absolute Gasteiger partial charge is 0.478 e. The van der Waals surface area contributed by atoms with Crippen LogP contribution in [0.2, 0.25) is 0 Å². The molecule has 18 heavy (non-hydrogen) atoms. The average Bonchev–Trinajstić information content (AvgIpc) is 2.40. The lowest BCUT2D eigenvalue weighted by Gasteiger charge is -2.33. The molecular weight excluding hydrogens is 230 g/mol. The number of ether oxygens (including phenoxy) is 1. The molecule has 0 bridgehead atoms. The van der Waals surface area contributed by atoms with Crippen LogP contribution in [0.1, 0.15) is 23.2 Å². The highest BCUT2D eigenvalue weighted by molar-refractivity contribution is 5.88. The van der Waals surface area contributed by atoms with Gasteiger partial charge in [-0.2, -0.15) is 0 Å².